The lowest BCUT2D eigenvalue weighted by Crippen LogP contribution is -2.43. The molecule has 0 heterocycles. The number of aliphatic hydroxyl groups excluding tert-OH is 3. The van der Waals surface area contributed by atoms with Crippen molar-refractivity contribution in [2.75, 3.05) is 0 Å². The lowest BCUT2D eigenvalue weighted by atomic mass is 9.66. The van der Waals surface area contributed by atoms with E-state index < -0.39 is 36.8 Å². The number of fused-ring (bicyclic) bond motifs is 1. The molecule has 2 aliphatic carbocycles. The Hall–Kier alpha value is -2.22. The normalized spacial score (nSPS) is 28.4. The molecular weight excluding hydrogens is 424 g/mol. The molecule has 0 spiro atoms. The van der Waals surface area contributed by atoms with E-state index in [0.717, 1.165) is 5.57 Å². The molecule has 0 bridgehead atoms. The highest BCUT2D eigenvalue weighted by atomic mass is 16.5. The summed E-state index contributed by atoms with van der Waals surface area (Å²) in [7, 11) is 0. The van der Waals surface area contributed by atoms with Crippen LogP contribution in [0.5, 0.6) is 0 Å². The van der Waals surface area contributed by atoms with Gasteiger partial charge in [-0.05, 0) is 49.5 Å². The average molecular weight is 463 g/mol. The number of carboxylic acids is 1. The lowest BCUT2D eigenvalue weighted by molar-refractivity contribution is -0.159. The number of ether oxygens (including phenoxy) is 1. The van der Waals surface area contributed by atoms with Gasteiger partial charge in [0.2, 0.25) is 0 Å². The maximum absolute atomic E-state index is 12.9. The van der Waals surface area contributed by atoms with Crippen LogP contribution in [-0.2, 0) is 14.3 Å². The van der Waals surface area contributed by atoms with E-state index in [0.29, 0.717) is 32.1 Å². The first-order chi connectivity index (χ1) is 15.7. The van der Waals surface area contributed by atoms with Crippen molar-refractivity contribution in [2.24, 2.45) is 23.7 Å². The topological polar surface area (TPSA) is 124 Å². The standard InChI is InChI=1S/C26H38O7/c1-4-6-17(7-5-2)26(32)33-23-14-20(28)12-18-9-8-16(3)22(25(18)23)11-10-19(27)13-21(29)15-24(30)31/h4-5,8-9,12,16-17,19-23,25,27-29H,1-2,6-7,10-11,13-15H2,3H3,(H,30,31). The Balaban J connectivity index is 2.13. The quantitative estimate of drug-likeness (QED) is 0.245. The fraction of sp³-hybridized carbons (Fsp3) is 0.615. The SMILES string of the molecule is C=CCC(CC=C)C(=O)OC1CC(O)C=C2C=CC(C)C(CCC(O)CC(O)CC(=O)O)C21. The van der Waals surface area contributed by atoms with Gasteiger partial charge in [0.25, 0.3) is 0 Å². The number of aliphatic carboxylic acids is 1. The number of allylic oxidation sites excluding steroid dienone is 4. The van der Waals surface area contributed by atoms with Crippen LogP contribution >= 0.6 is 0 Å². The molecule has 0 amide bonds. The fourth-order valence-corrected chi connectivity index (χ4v) is 5.02. The minimum Gasteiger partial charge on any atom is -0.481 e. The molecule has 7 heteroatoms. The number of hydrogen-bond acceptors (Lipinski definition) is 6. The maximum Gasteiger partial charge on any atom is 0.309 e. The van der Waals surface area contributed by atoms with Crippen LogP contribution in [0.1, 0.15) is 51.9 Å². The third-order valence-corrected chi connectivity index (χ3v) is 6.66. The van der Waals surface area contributed by atoms with Gasteiger partial charge in [-0.25, -0.2) is 0 Å². The van der Waals surface area contributed by atoms with E-state index in [1.807, 2.05) is 12.2 Å². The third kappa shape index (κ3) is 7.95. The Labute approximate surface area is 196 Å². The van der Waals surface area contributed by atoms with Gasteiger partial charge in [0.1, 0.15) is 6.10 Å². The molecule has 4 N–H and O–H groups in total. The minimum absolute atomic E-state index is 0.00147. The molecular formula is C26H38O7. The number of carbonyl (C=O) groups is 2. The van der Waals surface area contributed by atoms with Crippen LogP contribution in [0.15, 0.2) is 49.1 Å². The molecule has 0 aliphatic heterocycles. The van der Waals surface area contributed by atoms with Gasteiger partial charge >= 0.3 is 11.9 Å². The molecule has 0 aromatic rings. The van der Waals surface area contributed by atoms with Crippen LogP contribution in [0.3, 0.4) is 0 Å². The van der Waals surface area contributed by atoms with Gasteiger partial charge in [-0.2, -0.15) is 0 Å². The maximum atomic E-state index is 12.9. The number of rotatable bonds is 13. The van der Waals surface area contributed by atoms with Crippen molar-refractivity contribution in [3.05, 3.63) is 49.1 Å². The summed E-state index contributed by atoms with van der Waals surface area (Å²) in [5.41, 5.74) is 0.930. The largest absolute Gasteiger partial charge is 0.481 e. The Morgan fingerprint density at radius 2 is 1.88 bits per heavy atom. The van der Waals surface area contributed by atoms with Gasteiger partial charge in [0.05, 0.1) is 30.7 Å². The Kier molecular flexibility index (Phi) is 10.5. The van der Waals surface area contributed by atoms with Crippen LogP contribution < -0.4 is 0 Å². The highest BCUT2D eigenvalue weighted by molar-refractivity contribution is 5.73. The molecule has 7 atom stereocenters. The van der Waals surface area contributed by atoms with Crippen molar-refractivity contribution < 1.29 is 34.8 Å². The van der Waals surface area contributed by atoms with Crippen LogP contribution in [0.4, 0.5) is 0 Å². The van der Waals surface area contributed by atoms with Crippen LogP contribution in [-0.4, -0.2) is 56.8 Å². The molecule has 0 aromatic heterocycles. The smallest absolute Gasteiger partial charge is 0.309 e. The van der Waals surface area contributed by atoms with E-state index in [1.165, 1.54) is 0 Å². The van der Waals surface area contributed by atoms with E-state index in [4.69, 9.17) is 9.84 Å². The molecule has 7 unspecified atom stereocenters. The summed E-state index contributed by atoms with van der Waals surface area (Å²) in [5, 5.41) is 39.3. The Bertz CT molecular complexity index is 746. The van der Waals surface area contributed by atoms with E-state index in [1.54, 1.807) is 12.2 Å². The second kappa shape index (κ2) is 12.9. The first-order valence-electron chi connectivity index (χ1n) is 11.7. The molecule has 33 heavy (non-hydrogen) atoms. The molecule has 0 saturated heterocycles. The second-order valence-corrected chi connectivity index (χ2v) is 9.32. The molecule has 0 radical (unpaired) electrons. The molecule has 2 aliphatic rings. The zero-order valence-electron chi connectivity index (χ0n) is 19.4. The zero-order chi connectivity index (χ0) is 24.5. The average Bonchev–Trinajstić information content (AvgIpc) is 2.72. The summed E-state index contributed by atoms with van der Waals surface area (Å²) >= 11 is 0. The highest BCUT2D eigenvalue weighted by Gasteiger charge is 2.42. The molecule has 2 rings (SSSR count). The number of esters is 1. The van der Waals surface area contributed by atoms with Gasteiger partial charge in [-0.15, -0.1) is 13.2 Å². The number of carbonyl (C=O) groups excluding carboxylic acids is 1. The van der Waals surface area contributed by atoms with Crippen molar-refractivity contribution in [3.63, 3.8) is 0 Å². The first kappa shape index (κ1) is 27.0. The van der Waals surface area contributed by atoms with Crippen LogP contribution in [0, 0.1) is 23.7 Å². The van der Waals surface area contributed by atoms with Crippen molar-refractivity contribution in [2.45, 2.75) is 76.3 Å². The first-order valence-corrected chi connectivity index (χ1v) is 11.7. The van der Waals surface area contributed by atoms with Crippen LogP contribution in [0.25, 0.3) is 0 Å². The summed E-state index contributed by atoms with van der Waals surface area (Å²) in [6.45, 7) is 9.50. The summed E-state index contributed by atoms with van der Waals surface area (Å²) in [4.78, 5) is 23.6. The minimum atomic E-state index is -1.10. The monoisotopic (exact) mass is 462 g/mol. The number of carboxylic acid groups (broad SMARTS) is 1. The molecule has 0 fully saturated rings. The van der Waals surface area contributed by atoms with Crippen molar-refractivity contribution in [1.29, 1.82) is 0 Å². The molecule has 0 aromatic carbocycles. The fourth-order valence-electron chi connectivity index (χ4n) is 5.02. The summed E-state index contributed by atoms with van der Waals surface area (Å²) in [5.74, 6) is -1.68. The van der Waals surface area contributed by atoms with Crippen LogP contribution in [0.2, 0.25) is 0 Å². The van der Waals surface area contributed by atoms with E-state index in [9.17, 15) is 24.9 Å². The summed E-state index contributed by atoms with van der Waals surface area (Å²) in [6.07, 6.45) is 7.98. The molecule has 184 valence electrons. The van der Waals surface area contributed by atoms with E-state index >= 15 is 0 Å². The predicted molar refractivity (Wildman–Crippen MR) is 125 cm³/mol. The molecule has 7 nitrogen and oxygen atoms in total. The van der Waals surface area contributed by atoms with Gasteiger partial charge in [-0.1, -0.05) is 37.3 Å². The lowest BCUT2D eigenvalue weighted by Gasteiger charge is -2.43. The Morgan fingerprint density at radius 1 is 1.21 bits per heavy atom. The predicted octanol–water partition coefficient (Wildman–Crippen LogP) is 3.16. The zero-order valence-corrected chi connectivity index (χ0v) is 19.4. The van der Waals surface area contributed by atoms with Gasteiger partial charge < -0.3 is 25.2 Å². The second-order valence-electron chi connectivity index (χ2n) is 9.32. The van der Waals surface area contributed by atoms with Crippen molar-refractivity contribution >= 4 is 11.9 Å². The number of aliphatic hydroxyl groups is 3. The number of hydrogen-bond donors (Lipinski definition) is 4. The molecule has 0 saturated carbocycles. The van der Waals surface area contributed by atoms with Gasteiger partial charge in [0.15, 0.2) is 0 Å². The Morgan fingerprint density at radius 3 is 2.48 bits per heavy atom. The summed E-state index contributed by atoms with van der Waals surface area (Å²) < 4.78 is 5.96. The van der Waals surface area contributed by atoms with Crippen molar-refractivity contribution in [3.8, 4) is 0 Å². The highest BCUT2D eigenvalue weighted by Crippen LogP contribution is 2.44. The van der Waals surface area contributed by atoms with E-state index in [-0.39, 0.29) is 36.1 Å². The van der Waals surface area contributed by atoms with E-state index in [2.05, 4.69) is 26.2 Å². The summed E-state index contributed by atoms with van der Waals surface area (Å²) in [6, 6.07) is 0. The van der Waals surface area contributed by atoms with Crippen molar-refractivity contribution in [1.82, 2.24) is 0 Å². The van der Waals surface area contributed by atoms with Gasteiger partial charge in [-0.3, -0.25) is 9.59 Å². The van der Waals surface area contributed by atoms with Gasteiger partial charge in [0, 0.05) is 12.3 Å². The third-order valence-electron chi connectivity index (χ3n) is 6.66.